The second-order valence-corrected chi connectivity index (χ2v) is 6.67. The van der Waals surface area contributed by atoms with Crippen molar-refractivity contribution in [3.63, 3.8) is 0 Å². The average Bonchev–Trinajstić information content (AvgIpc) is 2.95. The van der Waals surface area contributed by atoms with Crippen molar-refractivity contribution in [2.24, 2.45) is 0 Å². The predicted octanol–water partition coefficient (Wildman–Crippen LogP) is 4.44. The maximum atomic E-state index is 5.97. The molecule has 1 aliphatic heterocycles. The van der Waals surface area contributed by atoms with E-state index >= 15 is 0 Å². The van der Waals surface area contributed by atoms with E-state index in [1.54, 1.807) is 0 Å². The largest absolute Gasteiger partial charge is 0.423 e. The number of aromatic nitrogens is 3. The molecule has 0 amide bonds. The normalized spacial score (nSPS) is 14.5. The Morgan fingerprint density at radius 3 is 2.57 bits per heavy atom. The molecule has 0 bridgehead atoms. The molecule has 0 atom stereocenters. The quantitative estimate of drug-likeness (QED) is 0.715. The van der Waals surface area contributed by atoms with Gasteiger partial charge in [-0.3, -0.25) is 0 Å². The van der Waals surface area contributed by atoms with Gasteiger partial charge in [0.15, 0.2) is 0 Å². The molecule has 1 fully saturated rings. The summed E-state index contributed by atoms with van der Waals surface area (Å²) in [5, 5.41) is 0.134. The Kier molecular flexibility index (Phi) is 4.61. The van der Waals surface area contributed by atoms with E-state index in [2.05, 4.69) is 51.7 Å². The van der Waals surface area contributed by atoms with Gasteiger partial charge in [0, 0.05) is 17.6 Å². The highest BCUT2D eigenvalue weighted by atomic mass is 79.9. The van der Waals surface area contributed by atoms with Gasteiger partial charge in [-0.05, 0) is 58.6 Å². The van der Waals surface area contributed by atoms with E-state index in [4.69, 9.17) is 16.3 Å². The van der Waals surface area contributed by atoms with Gasteiger partial charge in [-0.2, -0.15) is 15.0 Å². The molecule has 8 heteroatoms. The zero-order valence-corrected chi connectivity index (χ0v) is 14.8. The van der Waals surface area contributed by atoms with Crippen LogP contribution in [0.15, 0.2) is 27.1 Å². The fraction of sp³-hybridized carbons (Fsp3) is 0.308. The third-order valence-electron chi connectivity index (χ3n) is 3.06. The van der Waals surface area contributed by atoms with Crippen LogP contribution in [0.4, 0.5) is 5.95 Å². The Labute approximate surface area is 144 Å². The van der Waals surface area contributed by atoms with Crippen LogP contribution in [0.25, 0.3) is 0 Å². The molecule has 0 saturated carbocycles. The second-order valence-electron chi connectivity index (χ2n) is 4.56. The molecule has 2 aromatic rings. The molecule has 2 heterocycles. The molecule has 3 rings (SSSR count). The molecule has 0 radical (unpaired) electrons. The van der Waals surface area contributed by atoms with Gasteiger partial charge in [0.2, 0.25) is 11.2 Å². The maximum absolute atomic E-state index is 5.97. The van der Waals surface area contributed by atoms with Gasteiger partial charge in [-0.15, -0.1) is 0 Å². The summed E-state index contributed by atoms with van der Waals surface area (Å²) in [6.45, 7) is 1.86. The van der Waals surface area contributed by atoms with E-state index in [0.717, 1.165) is 34.9 Å². The molecule has 5 nitrogen and oxygen atoms in total. The predicted molar refractivity (Wildman–Crippen MR) is 88.2 cm³/mol. The molecule has 0 aliphatic carbocycles. The number of halogens is 3. The summed E-state index contributed by atoms with van der Waals surface area (Å²) < 4.78 is 7.46. The summed E-state index contributed by atoms with van der Waals surface area (Å²) >= 11 is 12.8. The van der Waals surface area contributed by atoms with Gasteiger partial charge in [0.25, 0.3) is 0 Å². The molecule has 0 unspecified atom stereocenters. The summed E-state index contributed by atoms with van der Waals surface area (Å²) in [4.78, 5) is 14.6. The third-order valence-corrected chi connectivity index (χ3v) is 4.34. The van der Waals surface area contributed by atoms with Crippen molar-refractivity contribution < 1.29 is 4.74 Å². The van der Waals surface area contributed by atoms with Crippen molar-refractivity contribution >= 4 is 49.4 Å². The summed E-state index contributed by atoms with van der Waals surface area (Å²) in [5.74, 6) is 1.18. The van der Waals surface area contributed by atoms with Crippen molar-refractivity contribution in [2.45, 2.75) is 12.8 Å². The number of ether oxygens (including phenoxy) is 1. The van der Waals surface area contributed by atoms with Gasteiger partial charge in [-0.25, -0.2) is 0 Å². The van der Waals surface area contributed by atoms with Crippen molar-refractivity contribution in [2.75, 3.05) is 18.0 Å². The van der Waals surface area contributed by atoms with Crippen LogP contribution in [0.5, 0.6) is 11.8 Å². The molecular weight excluding hydrogens is 423 g/mol. The lowest BCUT2D eigenvalue weighted by molar-refractivity contribution is 0.436. The summed E-state index contributed by atoms with van der Waals surface area (Å²) in [6, 6.07) is 5.78. The van der Waals surface area contributed by atoms with Crippen LogP contribution < -0.4 is 9.64 Å². The first kappa shape index (κ1) is 15.0. The molecule has 0 spiro atoms. The standard InChI is InChI=1S/C13H11Br2ClN4O/c14-8-3-4-10(9(15)7-8)21-13-18-11(16)17-12(19-13)20-5-1-2-6-20/h3-4,7H,1-2,5-6H2. The van der Waals surface area contributed by atoms with E-state index in [1.165, 1.54) is 0 Å². The highest BCUT2D eigenvalue weighted by Gasteiger charge is 2.18. The number of benzene rings is 1. The Hall–Kier alpha value is -0.920. The summed E-state index contributed by atoms with van der Waals surface area (Å²) in [7, 11) is 0. The topological polar surface area (TPSA) is 51.1 Å². The molecule has 1 aromatic heterocycles. The Bertz CT molecular complexity index is 665. The first-order valence-corrected chi connectivity index (χ1v) is 8.37. The maximum Gasteiger partial charge on any atom is 0.328 e. The number of rotatable bonds is 3. The van der Waals surface area contributed by atoms with Crippen LogP contribution in [0.1, 0.15) is 12.8 Å². The van der Waals surface area contributed by atoms with E-state index in [1.807, 2.05) is 18.2 Å². The Balaban J connectivity index is 1.87. The molecule has 110 valence electrons. The van der Waals surface area contributed by atoms with Crippen LogP contribution in [0.3, 0.4) is 0 Å². The number of hydrogen-bond donors (Lipinski definition) is 0. The SMILES string of the molecule is Clc1nc(Oc2ccc(Br)cc2Br)nc(N2CCCC2)n1. The van der Waals surface area contributed by atoms with Crippen LogP contribution in [-0.4, -0.2) is 28.0 Å². The van der Waals surface area contributed by atoms with E-state index in [9.17, 15) is 0 Å². The Morgan fingerprint density at radius 1 is 1.10 bits per heavy atom. The van der Waals surface area contributed by atoms with Gasteiger partial charge >= 0.3 is 6.01 Å². The van der Waals surface area contributed by atoms with E-state index < -0.39 is 0 Å². The minimum atomic E-state index is 0.134. The van der Waals surface area contributed by atoms with Crippen molar-refractivity contribution in [3.05, 3.63) is 32.4 Å². The fourth-order valence-corrected chi connectivity index (χ4v) is 3.36. The van der Waals surface area contributed by atoms with Crippen LogP contribution >= 0.6 is 43.5 Å². The van der Waals surface area contributed by atoms with Crippen LogP contribution in [0.2, 0.25) is 5.28 Å². The first-order chi connectivity index (χ1) is 10.1. The van der Waals surface area contributed by atoms with Crippen molar-refractivity contribution in [1.29, 1.82) is 0 Å². The molecule has 21 heavy (non-hydrogen) atoms. The monoisotopic (exact) mass is 432 g/mol. The summed E-state index contributed by atoms with van der Waals surface area (Å²) in [5.41, 5.74) is 0. The van der Waals surface area contributed by atoms with Crippen molar-refractivity contribution in [3.8, 4) is 11.8 Å². The zero-order chi connectivity index (χ0) is 14.8. The lowest BCUT2D eigenvalue weighted by atomic mass is 10.3. The molecule has 1 aliphatic rings. The van der Waals surface area contributed by atoms with E-state index in [0.29, 0.717) is 11.7 Å². The average molecular weight is 435 g/mol. The minimum absolute atomic E-state index is 0.134. The highest BCUT2D eigenvalue weighted by molar-refractivity contribution is 9.11. The number of anilines is 1. The lowest BCUT2D eigenvalue weighted by Gasteiger charge is -2.15. The fourth-order valence-electron chi connectivity index (χ4n) is 2.08. The van der Waals surface area contributed by atoms with Crippen molar-refractivity contribution in [1.82, 2.24) is 15.0 Å². The lowest BCUT2D eigenvalue weighted by Crippen LogP contribution is -2.21. The third kappa shape index (κ3) is 3.64. The van der Waals surface area contributed by atoms with Crippen LogP contribution in [-0.2, 0) is 0 Å². The summed E-state index contributed by atoms with van der Waals surface area (Å²) in [6.07, 6.45) is 2.27. The number of hydrogen-bond acceptors (Lipinski definition) is 5. The minimum Gasteiger partial charge on any atom is -0.423 e. The van der Waals surface area contributed by atoms with Gasteiger partial charge in [0.1, 0.15) is 5.75 Å². The molecule has 1 saturated heterocycles. The Morgan fingerprint density at radius 2 is 1.86 bits per heavy atom. The first-order valence-electron chi connectivity index (χ1n) is 6.41. The van der Waals surface area contributed by atoms with Gasteiger partial charge in [-0.1, -0.05) is 15.9 Å². The number of nitrogens with zero attached hydrogens (tertiary/aromatic N) is 4. The molecule has 0 N–H and O–H groups in total. The zero-order valence-electron chi connectivity index (χ0n) is 10.9. The highest BCUT2D eigenvalue weighted by Crippen LogP contribution is 2.31. The van der Waals surface area contributed by atoms with Gasteiger partial charge < -0.3 is 9.64 Å². The second kappa shape index (κ2) is 6.46. The molecule has 1 aromatic carbocycles. The molecular formula is C13H11Br2ClN4O. The van der Waals surface area contributed by atoms with Gasteiger partial charge in [0.05, 0.1) is 4.47 Å². The van der Waals surface area contributed by atoms with E-state index in [-0.39, 0.29) is 11.3 Å². The van der Waals surface area contributed by atoms with Crippen LogP contribution in [0, 0.1) is 0 Å². The smallest absolute Gasteiger partial charge is 0.328 e.